The van der Waals surface area contributed by atoms with Crippen molar-refractivity contribution >= 4 is 40.4 Å². The van der Waals surface area contributed by atoms with Crippen molar-refractivity contribution in [3.05, 3.63) is 138 Å². The Hall–Kier alpha value is -6.59. The third kappa shape index (κ3) is 9.50. The molecule has 58 heavy (non-hydrogen) atoms. The number of alkyl halides is 9. The van der Waals surface area contributed by atoms with E-state index in [-0.39, 0.29) is 29.2 Å². The molecule has 0 unspecified atom stereocenters. The Labute approximate surface area is 324 Å². The Morgan fingerprint density at radius 3 is 1.17 bits per heavy atom. The number of carbonyl (C=O) groups excluding carboxylic acids is 2. The predicted octanol–water partition coefficient (Wildman–Crippen LogP) is 12.7. The number of hydrogen-bond acceptors (Lipinski definition) is 9. The summed E-state index contributed by atoms with van der Waals surface area (Å²) >= 11 is 0. The second kappa shape index (κ2) is 17.3. The topological polar surface area (TPSA) is 105 Å². The van der Waals surface area contributed by atoms with Crippen molar-refractivity contribution in [2.45, 2.75) is 37.8 Å². The second-order valence-electron chi connectivity index (χ2n) is 12.2. The highest BCUT2D eigenvalue weighted by molar-refractivity contribution is 5.92. The van der Waals surface area contributed by atoms with Crippen LogP contribution in [-0.4, -0.2) is 43.0 Å². The molecule has 0 fully saturated rings. The van der Waals surface area contributed by atoms with Gasteiger partial charge in [0.2, 0.25) is 0 Å². The fourth-order valence-corrected chi connectivity index (χ4v) is 5.08. The van der Waals surface area contributed by atoms with Crippen LogP contribution in [-0.2, 0) is 5.92 Å². The summed E-state index contributed by atoms with van der Waals surface area (Å²) in [5, 5.41) is 16.9. The van der Waals surface area contributed by atoms with Gasteiger partial charge in [-0.15, -0.1) is 0 Å². The van der Waals surface area contributed by atoms with E-state index in [0.717, 1.165) is 18.8 Å². The lowest BCUT2D eigenvalue weighted by molar-refractivity contribution is -0.399. The first-order valence-corrected chi connectivity index (χ1v) is 17.1. The fourth-order valence-electron chi connectivity index (χ4n) is 5.08. The Bertz CT molecular complexity index is 2240. The van der Waals surface area contributed by atoms with E-state index in [9.17, 15) is 49.1 Å². The van der Waals surface area contributed by atoms with Gasteiger partial charge in [0.15, 0.2) is 0 Å². The lowest BCUT2D eigenvalue weighted by atomic mass is 9.96. The van der Waals surface area contributed by atoms with Gasteiger partial charge in [-0.25, -0.2) is 9.59 Å². The van der Waals surface area contributed by atoms with Gasteiger partial charge < -0.3 is 14.4 Å². The Morgan fingerprint density at radius 1 is 0.483 bits per heavy atom. The SMILES string of the molecule is CCN(CC)c1ccc(N=Nc2ccc(N=Nc3ccc(OC(=O)c4ccc(OC(=O)c5ccc(C(F)(F)C(F)(F)C(F)(F)C(F)(F)F)cc5)cc4)cc3)cc2)cc1. The molecule has 5 aromatic carbocycles. The van der Waals surface area contributed by atoms with Gasteiger partial charge >= 0.3 is 35.9 Å². The van der Waals surface area contributed by atoms with Crippen molar-refractivity contribution in [3.8, 4) is 11.5 Å². The summed E-state index contributed by atoms with van der Waals surface area (Å²) in [5.41, 5.74) is 1.01. The van der Waals surface area contributed by atoms with E-state index >= 15 is 0 Å². The third-order valence-corrected chi connectivity index (χ3v) is 8.37. The fraction of sp³-hybridized carbons (Fsp3) is 0.200. The van der Waals surface area contributed by atoms with Crippen LogP contribution in [0.5, 0.6) is 11.5 Å². The maximum absolute atomic E-state index is 14.2. The van der Waals surface area contributed by atoms with E-state index in [1.54, 1.807) is 36.4 Å². The highest BCUT2D eigenvalue weighted by Gasteiger charge is 2.82. The summed E-state index contributed by atoms with van der Waals surface area (Å²) < 4.78 is 130. The standard InChI is InChI=1S/C40H30F9N5O4/c1-3-54(4-2)32-19-15-30(16-20-32)52-50-28-11-13-29(14-12-28)51-53-31-17-23-34(24-18-31)58-36(56)26-7-21-33(22-8-26)57-35(55)25-5-9-27(10-6-25)37(41,42)38(43,44)39(45,46)40(47,48)49/h5-24H,3-4H2,1-2H3. The lowest BCUT2D eigenvalue weighted by Gasteiger charge is -2.33. The molecule has 0 saturated carbocycles. The average molecular weight is 816 g/mol. The summed E-state index contributed by atoms with van der Waals surface area (Å²) in [4.78, 5) is 27.3. The molecule has 0 heterocycles. The number of rotatable bonds is 14. The van der Waals surface area contributed by atoms with Crippen molar-refractivity contribution in [1.29, 1.82) is 0 Å². The van der Waals surface area contributed by atoms with Crippen LogP contribution in [0.25, 0.3) is 0 Å². The number of ether oxygens (including phenoxy) is 2. The summed E-state index contributed by atoms with van der Waals surface area (Å²) in [5.74, 6) is -21.9. The molecule has 0 atom stereocenters. The van der Waals surface area contributed by atoms with Crippen LogP contribution < -0.4 is 14.4 Å². The van der Waals surface area contributed by atoms with Gasteiger partial charge in [-0.05, 0) is 123 Å². The van der Waals surface area contributed by atoms with Crippen molar-refractivity contribution < 1.29 is 58.6 Å². The van der Waals surface area contributed by atoms with Crippen molar-refractivity contribution in [2.75, 3.05) is 18.0 Å². The van der Waals surface area contributed by atoms with Gasteiger partial charge in [-0.2, -0.15) is 60.0 Å². The van der Waals surface area contributed by atoms with E-state index in [1.807, 2.05) is 24.3 Å². The predicted molar refractivity (Wildman–Crippen MR) is 194 cm³/mol. The highest BCUT2D eigenvalue weighted by atomic mass is 19.4. The molecule has 0 radical (unpaired) electrons. The van der Waals surface area contributed by atoms with Crippen molar-refractivity contribution in [3.63, 3.8) is 0 Å². The van der Waals surface area contributed by atoms with Crippen LogP contribution in [0.1, 0.15) is 40.1 Å². The van der Waals surface area contributed by atoms with Gasteiger partial charge in [0.25, 0.3) is 0 Å². The Balaban J connectivity index is 1.12. The molecule has 0 bridgehead atoms. The molecule has 302 valence electrons. The Morgan fingerprint density at radius 2 is 0.810 bits per heavy atom. The lowest BCUT2D eigenvalue weighted by Crippen LogP contribution is -2.59. The number of benzene rings is 5. The first-order chi connectivity index (χ1) is 27.4. The van der Waals surface area contributed by atoms with Crippen molar-refractivity contribution in [2.24, 2.45) is 20.5 Å². The van der Waals surface area contributed by atoms with Crippen LogP contribution in [0.4, 0.5) is 68.0 Å². The maximum atomic E-state index is 14.2. The molecular weight excluding hydrogens is 785 g/mol. The van der Waals surface area contributed by atoms with E-state index in [4.69, 9.17) is 9.47 Å². The van der Waals surface area contributed by atoms with Crippen LogP contribution in [0.2, 0.25) is 0 Å². The third-order valence-electron chi connectivity index (χ3n) is 8.37. The molecule has 0 N–H and O–H groups in total. The smallest absolute Gasteiger partial charge is 0.423 e. The number of halogens is 9. The van der Waals surface area contributed by atoms with Crippen LogP contribution in [0, 0.1) is 0 Å². The van der Waals surface area contributed by atoms with Gasteiger partial charge in [0.1, 0.15) is 11.5 Å². The minimum absolute atomic E-state index is 0.0166. The van der Waals surface area contributed by atoms with Crippen LogP contribution >= 0.6 is 0 Å². The molecule has 0 aromatic heterocycles. The van der Waals surface area contributed by atoms with Crippen molar-refractivity contribution in [1.82, 2.24) is 0 Å². The summed E-state index contributed by atoms with van der Waals surface area (Å²) in [6.07, 6.45) is -6.97. The molecule has 0 saturated heterocycles. The molecule has 5 rings (SSSR count). The summed E-state index contributed by atoms with van der Waals surface area (Å²) in [6.45, 7) is 5.99. The quantitative estimate of drug-likeness (QED) is 0.0480. The molecule has 0 spiro atoms. The van der Waals surface area contributed by atoms with Gasteiger partial charge in [0, 0.05) is 24.3 Å². The zero-order chi connectivity index (χ0) is 42.3. The minimum Gasteiger partial charge on any atom is -0.423 e. The molecule has 0 aliphatic heterocycles. The zero-order valence-electron chi connectivity index (χ0n) is 30.2. The van der Waals surface area contributed by atoms with E-state index < -0.39 is 47.0 Å². The Kier molecular flexibility index (Phi) is 12.7. The maximum Gasteiger partial charge on any atom is 0.460 e. The zero-order valence-corrected chi connectivity index (χ0v) is 30.2. The van der Waals surface area contributed by atoms with Gasteiger partial charge in [0.05, 0.1) is 33.9 Å². The molecule has 9 nitrogen and oxygen atoms in total. The number of carbonyl (C=O) groups is 2. The number of nitrogens with zero attached hydrogens (tertiary/aromatic N) is 5. The molecule has 0 aliphatic rings. The summed E-state index contributed by atoms with van der Waals surface area (Å²) in [7, 11) is 0. The molecule has 0 aliphatic carbocycles. The largest absolute Gasteiger partial charge is 0.460 e. The van der Waals surface area contributed by atoms with Gasteiger partial charge in [-0.1, -0.05) is 12.1 Å². The number of esters is 2. The van der Waals surface area contributed by atoms with Gasteiger partial charge in [-0.3, -0.25) is 0 Å². The number of anilines is 1. The molecule has 18 heteroatoms. The first-order valence-electron chi connectivity index (χ1n) is 17.1. The molecule has 5 aromatic rings. The number of azo groups is 2. The van der Waals surface area contributed by atoms with E-state index in [2.05, 4.69) is 39.2 Å². The normalized spacial score (nSPS) is 12.5. The van der Waals surface area contributed by atoms with Crippen LogP contribution in [0.15, 0.2) is 142 Å². The first kappa shape index (κ1) is 42.6. The second-order valence-corrected chi connectivity index (χ2v) is 12.2. The number of hydrogen-bond donors (Lipinski definition) is 0. The molecule has 0 amide bonds. The monoisotopic (exact) mass is 815 g/mol. The highest BCUT2D eigenvalue weighted by Crippen LogP contribution is 2.56. The van der Waals surface area contributed by atoms with E-state index in [1.165, 1.54) is 36.4 Å². The minimum atomic E-state index is -7.07. The summed E-state index contributed by atoms with van der Waals surface area (Å²) in [6, 6.07) is 26.7. The molecular formula is C40H30F9N5O4. The average Bonchev–Trinajstić information content (AvgIpc) is 3.21. The van der Waals surface area contributed by atoms with Crippen LogP contribution in [0.3, 0.4) is 0 Å². The van der Waals surface area contributed by atoms with E-state index in [0.29, 0.717) is 34.9 Å².